The molecule has 0 unspecified atom stereocenters. The van der Waals surface area contributed by atoms with Gasteiger partial charge in [-0.3, -0.25) is 9.59 Å². The number of aliphatic hydroxyl groups excluding tert-OH is 1. The van der Waals surface area contributed by atoms with Gasteiger partial charge in [-0.1, -0.05) is 42.5 Å². The van der Waals surface area contributed by atoms with Gasteiger partial charge in [0, 0.05) is 29.2 Å². The number of aliphatic hydroxyl groups is 1. The van der Waals surface area contributed by atoms with Crippen LogP contribution in [0, 0.1) is 0 Å². The van der Waals surface area contributed by atoms with Crippen LogP contribution < -0.4 is 9.47 Å². The lowest BCUT2D eigenvalue weighted by Gasteiger charge is -2.25. The van der Waals surface area contributed by atoms with E-state index in [4.69, 9.17) is 9.47 Å². The van der Waals surface area contributed by atoms with Gasteiger partial charge in [-0.15, -0.1) is 0 Å². The highest BCUT2D eigenvalue weighted by Gasteiger charge is 2.45. The summed E-state index contributed by atoms with van der Waals surface area (Å²) in [5.41, 5.74) is 3.26. The Labute approximate surface area is 214 Å². The van der Waals surface area contributed by atoms with Crippen LogP contribution in [-0.2, 0) is 16.0 Å². The van der Waals surface area contributed by atoms with E-state index >= 15 is 0 Å². The minimum absolute atomic E-state index is 0.0842. The molecular weight excluding hydrogens is 468 g/mol. The molecule has 0 bridgehead atoms. The number of amides is 1. The average Bonchev–Trinajstić information content (AvgIpc) is 3.45. The maximum atomic E-state index is 13.3. The van der Waals surface area contributed by atoms with Crippen LogP contribution >= 0.6 is 0 Å². The molecule has 1 saturated heterocycles. The summed E-state index contributed by atoms with van der Waals surface area (Å²) in [5, 5.41) is 12.2. The molecule has 37 heavy (non-hydrogen) atoms. The van der Waals surface area contributed by atoms with Crippen molar-refractivity contribution in [1.82, 2.24) is 9.88 Å². The zero-order valence-electron chi connectivity index (χ0n) is 20.7. The van der Waals surface area contributed by atoms with Gasteiger partial charge < -0.3 is 24.5 Å². The van der Waals surface area contributed by atoms with Crippen molar-refractivity contribution in [2.75, 3.05) is 20.3 Å². The largest absolute Gasteiger partial charge is 0.507 e. The smallest absolute Gasteiger partial charge is 0.295 e. The Morgan fingerprint density at radius 1 is 1.00 bits per heavy atom. The van der Waals surface area contributed by atoms with Crippen LogP contribution in [0.5, 0.6) is 11.5 Å². The first-order valence-electron chi connectivity index (χ1n) is 12.2. The minimum Gasteiger partial charge on any atom is -0.507 e. The van der Waals surface area contributed by atoms with E-state index in [1.54, 1.807) is 36.3 Å². The molecule has 1 atom stereocenters. The van der Waals surface area contributed by atoms with E-state index < -0.39 is 17.7 Å². The molecule has 0 spiro atoms. The first-order valence-corrected chi connectivity index (χ1v) is 12.2. The quantitative estimate of drug-likeness (QED) is 0.198. The summed E-state index contributed by atoms with van der Waals surface area (Å²) in [6.07, 6.45) is 2.43. The van der Waals surface area contributed by atoms with Gasteiger partial charge in [-0.05, 0) is 54.8 Å². The van der Waals surface area contributed by atoms with E-state index in [2.05, 4.69) is 4.98 Å². The van der Waals surface area contributed by atoms with Gasteiger partial charge in [-0.2, -0.15) is 0 Å². The first kappa shape index (κ1) is 24.2. The Kier molecular flexibility index (Phi) is 6.68. The van der Waals surface area contributed by atoms with E-state index in [-0.39, 0.29) is 17.9 Å². The SMILES string of the molecule is CCOc1ccc([C@@H]2C(=C(O)c3ccccc3)C(=O)C(=O)N2CCc2c[nH]c3ccc(OC)cc23)cc1. The fourth-order valence-electron chi connectivity index (χ4n) is 4.85. The summed E-state index contributed by atoms with van der Waals surface area (Å²) in [6, 6.07) is 21.2. The van der Waals surface area contributed by atoms with Gasteiger partial charge in [0.05, 0.1) is 25.3 Å². The van der Waals surface area contributed by atoms with Crippen molar-refractivity contribution < 1.29 is 24.2 Å². The number of ether oxygens (including phenoxy) is 2. The molecule has 2 heterocycles. The molecular formula is C30H28N2O5. The lowest BCUT2D eigenvalue weighted by molar-refractivity contribution is -0.139. The normalized spacial score (nSPS) is 16.9. The van der Waals surface area contributed by atoms with Crippen LogP contribution in [0.15, 0.2) is 84.6 Å². The third-order valence-electron chi connectivity index (χ3n) is 6.69. The van der Waals surface area contributed by atoms with Crippen LogP contribution in [0.4, 0.5) is 0 Å². The summed E-state index contributed by atoms with van der Waals surface area (Å²) >= 11 is 0. The predicted octanol–water partition coefficient (Wildman–Crippen LogP) is 5.24. The first-order chi connectivity index (χ1) is 18.0. The zero-order chi connectivity index (χ0) is 25.9. The Hall–Kier alpha value is -4.52. The fraction of sp³-hybridized carbons (Fsp3) is 0.200. The topological polar surface area (TPSA) is 91.9 Å². The number of aromatic nitrogens is 1. The van der Waals surface area contributed by atoms with Crippen molar-refractivity contribution in [3.8, 4) is 11.5 Å². The van der Waals surface area contributed by atoms with E-state index in [1.165, 1.54) is 0 Å². The number of hydrogen-bond acceptors (Lipinski definition) is 5. The number of fused-ring (bicyclic) bond motifs is 1. The molecule has 7 heteroatoms. The number of likely N-dealkylation sites (tertiary alicyclic amines) is 1. The van der Waals surface area contributed by atoms with Crippen molar-refractivity contribution in [3.63, 3.8) is 0 Å². The number of hydrogen-bond donors (Lipinski definition) is 2. The molecule has 1 aliphatic heterocycles. The molecule has 1 fully saturated rings. The number of carbonyl (C=O) groups excluding carboxylic acids is 2. The number of methoxy groups -OCH3 is 1. The summed E-state index contributed by atoms with van der Waals surface area (Å²) < 4.78 is 10.9. The summed E-state index contributed by atoms with van der Waals surface area (Å²) in [5.74, 6) is -0.0724. The Bertz CT molecular complexity index is 1470. The molecule has 2 N–H and O–H groups in total. The van der Waals surface area contributed by atoms with E-state index in [0.717, 1.165) is 27.8 Å². The fourth-order valence-corrected chi connectivity index (χ4v) is 4.85. The number of Topliss-reactive ketones (excluding diaryl/α,β-unsaturated/α-hetero) is 1. The lowest BCUT2D eigenvalue weighted by Crippen LogP contribution is -2.31. The molecule has 0 radical (unpaired) electrons. The highest BCUT2D eigenvalue weighted by atomic mass is 16.5. The van der Waals surface area contributed by atoms with Gasteiger partial charge >= 0.3 is 0 Å². The third kappa shape index (κ3) is 4.56. The van der Waals surface area contributed by atoms with Crippen molar-refractivity contribution in [2.45, 2.75) is 19.4 Å². The van der Waals surface area contributed by atoms with Crippen LogP contribution in [0.2, 0.25) is 0 Å². The predicted molar refractivity (Wildman–Crippen MR) is 142 cm³/mol. The molecule has 0 saturated carbocycles. The Morgan fingerprint density at radius 2 is 1.73 bits per heavy atom. The second kappa shape index (κ2) is 10.2. The second-order valence-electron chi connectivity index (χ2n) is 8.84. The summed E-state index contributed by atoms with van der Waals surface area (Å²) in [7, 11) is 1.62. The number of rotatable bonds is 8. The monoisotopic (exact) mass is 496 g/mol. The van der Waals surface area contributed by atoms with Gasteiger partial charge in [0.25, 0.3) is 11.7 Å². The number of nitrogens with zero attached hydrogens (tertiary/aromatic N) is 1. The minimum atomic E-state index is -0.726. The molecule has 1 aromatic heterocycles. The number of aromatic amines is 1. The van der Waals surface area contributed by atoms with Gasteiger partial charge in [-0.25, -0.2) is 0 Å². The van der Waals surface area contributed by atoms with E-state index in [1.807, 2.05) is 61.7 Å². The van der Waals surface area contributed by atoms with Crippen molar-refractivity contribution in [2.24, 2.45) is 0 Å². The number of ketones is 1. The molecule has 188 valence electrons. The standard InChI is InChI=1S/C30H28N2O5/c1-3-37-22-11-9-19(10-12-22)27-26(28(33)20-7-5-4-6-8-20)29(34)30(35)32(27)16-15-21-18-31-25-14-13-23(36-2)17-24(21)25/h4-14,17-18,27,31,33H,3,15-16H2,1-2H3/t27-/m1/s1. The highest BCUT2D eigenvalue weighted by molar-refractivity contribution is 6.46. The maximum Gasteiger partial charge on any atom is 0.295 e. The Balaban J connectivity index is 1.54. The molecule has 5 rings (SSSR count). The molecule has 4 aromatic rings. The molecule has 0 aliphatic carbocycles. The van der Waals surface area contributed by atoms with Gasteiger partial charge in [0.1, 0.15) is 17.3 Å². The third-order valence-corrected chi connectivity index (χ3v) is 6.69. The summed E-state index contributed by atoms with van der Waals surface area (Å²) in [6.45, 7) is 2.72. The molecule has 1 aliphatic rings. The molecule has 7 nitrogen and oxygen atoms in total. The maximum absolute atomic E-state index is 13.3. The van der Waals surface area contributed by atoms with Crippen LogP contribution in [0.25, 0.3) is 16.7 Å². The van der Waals surface area contributed by atoms with E-state index in [9.17, 15) is 14.7 Å². The zero-order valence-corrected chi connectivity index (χ0v) is 20.7. The number of carbonyl (C=O) groups is 2. The van der Waals surface area contributed by atoms with Crippen molar-refractivity contribution in [1.29, 1.82) is 0 Å². The molecule has 3 aromatic carbocycles. The highest BCUT2D eigenvalue weighted by Crippen LogP contribution is 2.40. The number of nitrogens with one attached hydrogen (secondary N) is 1. The average molecular weight is 497 g/mol. The van der Waals surface area contributed by atoms with Gasteiger partial charge in [0.15, 0.2) is 0 Å². The summed E-state index contributed by atoms with van der Waals surface area (Å²) in [4.78, 5) is 31.4. The lowest BCUT2D eigenvalue weighted by atomic mass is 9.95. The van der Waals surface area contributed by atoms with Gasteiger partial charge in [0.2, 0.25) is 0 Å². The number of benzene rings is 3. The van der Waals surface area contributed by atoms with Crippen LogP contribution in [0.1, 0.15) is 29.7 Å². The Morgan fingerprint density at radius 3 is 2.43 bits per heavy atom. The molecule has 1 amide bonds. The van der Waals surface area contributed by atoms with Crippen LogP contribution in [-0.4, -0.2) is 46.9 Å². The second-order valence-corrected chi connectivity index (χ2v) is 8.84. The number of H-pyrrole nitrogens is 1. The van der Waals surface area contributed by atoms with Crippen molar-refractivity contribution in [3.05, 3.63) is 101 Å². The van der Waals surface area contributed by atoms with Crippen LogP contribution in [0.3, 0.4) is 0 Å². The van der Waals surface area contributed by atoms with E-state index in [0.29, 0.717) is 24.3 Å². The van der Waals surface area contributed by atoms with Crippen molar-refractivity contribution >= 4 is 28.4 Å².